The van der Waals surface area contributed by atoms with Crippen LogP contribution in [0.25, 0.3) is 0 Å². The number of ether oxygens (including phenoxy) is 1. The van der Waals surface area contributed by atoms with E-state index in [1.807, 2.05) is 4.90 Å². The zero-order valence-corrected chi connectivity index (χ0v) is 38.9. The van der Waals surface area contributed by atoms with Crippen LogP contribution in [0.3, 0.4) is 0 Å². The van der Waals surface area contributed by atoms with Gasteiger partial charge in [-0.25, -0.2) is 9.97 Å². The monoisotopic (exact) mass is 927 g/mol. The van der Waals surface area contributed by atoms with Gasteiger partial charge in [0, 0.05) is 112 Å². The van der Waals surface area contributed by atoms with Crippen LogP contribution in [0.1, 0.15) is 111 Å². The number of nitriles is 1. The lowest BCUT2D eigenvalue weighted by molar-refractivity contribution is -0.164. The quantitative estimate of drug-likeness (QED) is 0.176. The molecule has 9 rings (SSSR count). The van der Waals surface area contributed by atoms with Gasteiger partial charge in [-0.3, -0.25) is 19.3 Å². The van der Waals surface area contributed by atoms with E-state index in [2.05, 4.69) is 68.5 Å². The van der Waals surface area contributed by atoms with Gasteiger partial charge in [-0.1, -0.05) is 39.3 Å². The van der Waals surface area contributed by atoms with Crippen molar-refractivity contribution in [3.05, 3.63) is 81.5 Å². The second-order valence-electron chi connectivity index (χ2n) is 19.9. The van der Waals surface area contributed by atoms with Crippen molar-refractivity contribution in [3.63, 3.8) is 0 Å². The number of hydrogen-bond acceptors (Lipinski definition) is 11. The fraction of sp³-hybridized carbons (Fsp3) is 0.562. The number of halogens is 4. The predicted octanol–water partition coefficient (Wildman–Crippen LogP) is 7.77. The lowest BCUT2D eigenvalue weighted by atomic mass is 9.49. The average Bonchev–Trinajstić information content (AvgIpc) is 3.68. The molecule has 1 aliphatic carbocycles. The number of hydrogen-bond donors (Lipinski definition) is 1. The first-order valence-corrected chi connectivity index (χ1v) is 23.5. The molecule has 4 aliphatic heterocycles. The molecular formula is C48H57ClF3N11O3. The van der Waals surface area contributed by atoms with Crippen LogP contribution in [0.5, 0.6) is 5.75 Å². The highest BCUT2D eigenvalue weighted by Crippen LogP contribution is 2.56. The molecule has 66 heavy (non-hydrogen) atoms. The van der Waals surface area contributed by atoms with Crippen molar-refractivity contribution >= 4 is 40.9 Å². The van der Waals surface area contributed by atoms with E-state index in [1.54, 1.807) is 42.4 Å². The Morgan fingerprint density at radius 2 is 1.65 bits per heavy atom. The number of fused-ring (bicyclic) bond motifs is 2. The number of alkyl halides is 3. The summed E-state index contributed by atoms with van der Waals surface area (Å²) >= 11 is 6.26. The van der Waals surface area contributed by atoms with E-state index in [0.29, 0.717) is 83.4 Å². The molecule has 18 heteroatoms. The minimum Gasteiger partial charge on any atom is -0.489 e. The number of benzene rings is 1. The van der Waals surface area contributed by atoms with Crippen molar-refractivity contribution in [1.29, 1.82) is 5.26 Å². The number of amides is 2. The van der Waals surface area contributed by atoms with Crippen LogP contribution in [0.2, 0.25) is 5.02 Å². The van der Waals surface area contributed by atoms with Gasteiger partial charge in [0.15, 0.2) is 5.82 Å². The molecular weight excluding hydrogens is 871 g/mol. The zero-order valence-electron chi connectivity index (χ0n) is 38.2. The summed E-state index contributed by atoms with van der Waals surface area (Å²) < 4.78 is 50.0. The summed E-state index contributed by atoms with van der Waals surface area (Å²) in [6, 6.07) is 8.28. The van der Waals surface area contributed by atoms with Gasteiger partial charge in [0.1, 0.15) is 17.9 Å². The number of aryl methyl sites for hydroxylation is 1. The highest BCUT2D eigenvalue weighted by Gasteiger charge is 2.64. The average molecular weight is 929 g/mol. The highest BCUT2D eigenvalue weighted by atomic mass is 35.5. The molecule has 0 spiro atoms. The normalized spacial score (nSPS) is 22.2. The van der Waals surface area contributed by atoms with E-state index in [0.717, 1.165) is 82.3 Å². The Labute approximate surface area is 388 Å². The van der Waals surface area contributed by atoms with Crippen LogP contribution in [0.15, 0.2) is 42.9 Å². The maximum atomic E-state index is 13.8. The maximum Gasteiger partial charge on any atom is 0.417 e. The molecule has 4 aromatic rings. The summed E-state index contributed by atoms with van der Waals surface area (Å²) in [7, 11) is 0. The van der Waals surface area contributed by atoms with Crippen LogP contribution >= 0.6 is 11.6 Å². The SMILES string of the molecule is CC(=O)N1CCc2c(c(N3CCCc4ncc(C(F)(F)F)cc43)nn2C2CCN(CC3CCN(c4ncc(C(=O)NC5C(C)(C)C(Oc6ccc(C#N)c(Cl)c6)C5(C)C)cn4)CC3)CC2)C1. The number of rotatable bonds is 9. The summed E-state index contributed by atoms with van der Waals surface area (Å²) in [5.74, 6) is 2.09. The predicted molar refractivity (Wildman–Crippen MR) is 243 cm³/mol. The number of nitrogens with zero attached hydrogens (tertiary/aromatic N) is 10. The molecule has 1 saturated carbocycles. The molecule has 0 radical (unpaired) electrons. The Bertz CT molecular complexity index is 2510. The number of carbonyl (C=O) groups is 2. The molecule has 0 bridgehead atoms. The molecule has 350 valence electrons. The van der Waals surface area contributed by atoms with Gasteiger partial charge >= 0.3 is 6.18 Å². The molecule has 2 saturated heterocycles. The summed E-state index contributed by atoms with van der Waals surface area (Å²) in [5, 5.41) is 18.0. The Morgan fingerprint density at radius 1 is 0.939 bits per heavy atom. The van der Waals surface area contributed by atoms with Crippen LogP contribution < -0.4 is 19.9 Å². The molecule has 0 unspecified atom stereocenters. The topological polar surface area (TPSA) is 149 Å². The largest absolute Gasteiger partial charge is 0.489 e. The molecule has 3 fully saturated rings. The van der Waals surface area contributed by atoms with Gasteiger partial charge in [0.25, 0.3) is 5.91 Å². The van der Waals surface area contributed by atoms with Crippen LogP contribution in [0.4, 0.5) is 30.6 Å². The van der Waals surface area contributed by atoms with Crippen LogP contribution in [-0.4, -0.2) is 104 Å². The van der Waals surface area contributed by atoms with Crippen LogP contribution in [0, 0.1) is 28.1 Å². The van der Waals surface area contributed by atoms with E-state index in [4.69, 9.17) is 21.4 Å². The third kappa shape index (κ3) is 8.66. The van der Waals surface area contributed by atoms with Gasteiger partial charge in [-0.2, -0.15) is 23.5 Å². The molecule has 1 aromatic carbocycles. The van der Waals surface area contributed by atoms with Gasteiger partial charge in [-0.05, 0) is 62.6 Å². The first-order valence-electron chi connectivity index (χ1n) is 23.1. The number of anilines is 3. The van der Waals surface area contributed by atoms with E-state index < -0.39 is 22.6 Å². The smallest absolute Gasteiger partial charge is 0.417 e. The lowest BCUT2D eigenvalue weighted by Gasteiger charge is -2.63. The summed E-state index contributed by atoms with van der Waals surface area (Å²) in [4.78, 5) is 48.0. The van der Waals surface area contributed by atoms with Gasteiger partial charge in [0.2, 0.25) is 11.9 Å². The third-order valence-corrected chi connectivity index (χ3v) is 15.1. The van der Waals surface area contributed by atoms with E-state index >= 15 is 0 Å². The molecule has 1 N–H and O–H groups in total. The molecule has 2 amide bonds. The number of nitrogens with one attached hydrogen (secondary N) is 1. The lowest BCUT2D eigenvalue weighted by Crippen LogP contribution is -2.74. The molecule has 3 aromatic heterocycles. The molecule has 14 nitrogen and oxygen atoms in total. The first kappa shape index (κ1) is 45.7. The number of piperidine rings is 2. The minimum absolute atomic E-state index is 0.0299. The second kappa shape index (κ2) is 17.6. The number of carbonyl (C=O) groups excluding carboxylic acids is 2. The van der Waals surface area contributed by atoms with Gasteiger partial charge in [0.05, 0.1) is 45.7 Å². The van der Waals surface area contributed by atoms with Gasteiger partial charge < -0.3 is 29.7 Å². The molecule has 0 atom stereocenters. The summed E-state index contributed by atoms with van der Waals surface area (Å²) in [6.07, 6.45) is 5.21. The highest BCUT2D eigenvalue weighted by molar-refractivity contribution is 6.31. The van der Waals surface area contributed by atoms with Crippen molar-refractivity contribution in [2.45, 2.75) is 110 Å². The standard InChI is InChI=1S/C48H57ClF3N11O3/c1-29(64)61-20-14-39-36(28-61)41(62-15-6-7-38-40(62)21-33(26-54-38)48(50,51)52)58-63(39)34-12-16-59(17-13-34)27-30-10-18-60(19-11-30)45-55-24-32(25-56-45)42(65)57-43-46(2,3)44(47(43,4)5)66-35-9-8-31(23-53)37(49)22-35/h8-9,21-22,24-26,30,34,43-44H,6-7,10-20,27-28H2,1-5H3,(H,57,65). The van der Waals surface area contributed by atoms with Crippen molar-refractivity contribution in [2.24, 2.45) is 16.7 Å². The second-order valence-corrected chi connectivity index (χ2v) is 20.3. The van der Waals surface area contributed by atoms with E-state index in [1.165, 1.54) is 6.07 Å². The number of pyridine rings is 1. The zero-order chi connectivity index (χ0) is 46.7. The third-order valence-electron chi connectivity index (χ3n) is 14.8. The first-order chi connectivity index (χ1) is 31.4. The maximum absolute atomic E-state index is 13.8. The fourth-order valence-corrected chi connectivity index (χ4v) is 11.7. The number of likely N-dealkylation sites (tertiary alicyclic amines) is 1. The van der Waals surface area contributed by atoms with Crippen molar-refractivity contribution in [1.82, 2.24) is 39.8 Å². The summed E-state index contributed by atoms with van der Waals surface area (Å²) in [5.41, 5.74) is 2.29. The van der Waals surface area contributed by atoms with E-state index in [-0.39, 0.29) is 30.0 Å². The van der Waals surface area contributed by atoms with Crippen molar-refractivity contribution in [2.75, 3.05) is 55.6 Å². The minimum atomic E-state index is -4.51. The number of aromatic nitrogens is 5. The Balaban J connectivity index is 0.781. The molecule has 7 heterocycles. The van der Waals surface area contributed by atoms with Crippen LogP contribution in [-0.2, 0) is 30.4 Å². The molecule has 5 aliphatic rings. The Hall–Kier alpha value is -5.47. The van der Waals surface area contributed by atoms with Crippen molar-refractivity contribution in [3.8, 4) is 11.8 Å². The summed E-state index contributed by atoms with van der Waals surface area (Å²) in [6.45, 7) is 15.8. The van der Waals surface area contributed by atoms with E-state index in [9.17, 15) is 28.0 Å². The fourth-order valence-electron chi connectivity index (χ4n) is 11.5. The van der Waals surface area contributed by atoms with Crippen molar-refractivity contribution < 1.29 is 27.5 Å². The Kier molecular flexibility index (Phi) is 12.2. The Morgan fingerprint density at radius 3 is 2.30 bits per heavy atom. The van der Waals surface area contributed by atoms with Gasteiger partial charge in [-0.15, -0.1) is 0 Å².